The van der Waals surface area contributed by atoms with Gasteiger partial charge in [0.15, 0.2) is 5.11 Å². The highest BCUT2D eigenvalue weighted by Crippen LogP contribution is 2.13. The number of thiocarbonyl (C=S) groups is 1. The van der Waals surface area contributed by atoms with Gasteiger partial charge in [-0.2, -0.15) is 5.10 Å². The van der Waals surface area contributed by atoms with Gasteiger partial charge in [-0.15, -0.1) is 0 Å². The van der Waals surface area contributed by atoms with Crippen LogP contribution in [0.4, 0.5) is 0 Å². The van der Waals surface area contributed by atoms with E-state index in [4.69, 9.17) is 12.2 Å². The van der Waals surface area contributed by atoms with Crippen molar-refractivity contribution >= 4 is 39.5 Å². The van der Waals surface area contributed by atoms with Gasteiger partial charge in [-0.1, -0.05) is 34.1 Å². The van der Waals surface area contributed by atoms with Crippen molar-refractivity contribution in [3.05, 3.63) is 34.3 Å². The standard InChI is InChI=1S/C10H12BrN3S/c1-2-12-10(15)14-13-7-8-5-3-4-6-9(8)11/h3-7H,2H2,1H3,(H2,12,14,15)/b13-7+. The van der Waals surface area contributed by atoms with Gasteiger partial charge in [0, 0.05) is 16.6 Å². The summed E-state index contributed by atoms with van der Waals surface area (Å²) in [7, 11) is 0. The summed E-state index contributed by atoms with van der Waals surface area (Å²) in [5.41, 5.74) is 3.73. The molecule has 1 aromatic rings. The van der Waals surface area contributed by atoms with Gasteiger partial charge in [-0.05, 0) is 25.2 Å². The molecule has 0 atom stereocenters. The normalized spacial score (nSPS) is 10.3. The third-order valence-corrected chi connectivity index (χ3v) is 2.57. The molecule has 0 aliphatic heterocycles. The molecule has 15 heavy (non-hydrogen) atoms. The fourth-order valence-electron chi connectivity index (χ4n) is 0.940. The van der Waals surface area contributed by atoms with E-state index in [0.29, 0.717) is 5.11 Å². The molecule has 0 fully saturated rings. The minimum Gasteiger partial charge on any atom is -0.362 e. The van der Waals surface area contributed by atoms with Crippen LogP contribution in [-0.4, -0.2) is 17.9 Å². The van der Waals surface area contributed by atoms with Crippen molar-refractivity contribution in [2.45, 2.75) is 6.92 Å². The zero-order chi connectivity index (χ0) is 11.1. The monoisotopic (exact) mass is 285 g/mol. The van der Waals surface area contributed by atoms with Crippen LogP contribution in [0.5, 0.6) is 0 Å². The zero-order valence-corrected chi connectivity index (χ0v) is 10.7. The molecule has 80 valence electrons. The Balaban J connectivity index is 2.52. The molecule has 0 heterocycles. The Morgan fingerprint density at radius 3 is 2.93 bits per heavy atom. The van der Waals surface area contributed by atoms with E-state index < -0.39 is 0 Å². The summed E-state index contributed by atoms with van der Waals surface area (Å²) in [6.07, 6.45) is 1.72. The highest BCUT2D eigenvalue weighted by molar-refractivity contribution is 9.10. The van der Waals surface area contributed by atoms with E-state index in [1.165, 1.54) is 0 Å². The maximum absolute atomic E-state index is 4.95. The predicted molar refractivity (Wildman–Crippen MR) is 71.1 cm³/mol. The molecule has 1 aromatic carbocycles. The van der Waals surface area contributed by atoms with Crippen molar-refractivity contribution in [2.75, 3.05) is 6.54 Å². The van der Waals surface area contributed by atoms with Crippen LogP contribution in [0, 0.1) is 0 Å². The van der Waals surface area contributed by atoms with Gasteiger partial charge in [0.25, 0.3) is 0 Å². The maximum Gasteiger partial charge on any atom is 0.186 e. The summed E-state index contributed by atoms with van der Waals surface area (Å²) in [6.45, 7) is 2.77. The average Bonchev–Trinajstić information content (AvgIpc) is 2.21. The van der Waals surface area contributed by atoms with E-state index in [1.54, 1.807) is 6.21 Å². The SMILES string of the molecule is CCNC(=S)N/N=C/c1ccccc1Br. The lowest BCUT2D eigenvalue weighted by molar-refractivity contribution is 0.904. The number of hydrazone groups is 1. The van der Waals surface area contributed by atoms with Crippen LogP contribution < -0.4 is 10.7 Å². The van der Waals surface area contributed by atoms with Crippen molar-refractivity contribution in [1.29, 1.82) is 0 Å². The number of rotatable bonds is 3. The quantitative estimate of drug-likeness (QED) is 0.508. The number of hydrogen-bond donors (Lipinski definition) is 2. The Bertz CT molecular complexity index is 365. The number of nitrogens with one attached hydrogen (secondary N) is 2. The van der Waals surface area contributed by atoms with E-state index in [1.807, 2.05) is 31.2 Å². The Labute approximate surface area is 103 Å². The Morgan fingerprint density at radius 1 is 1.53 bits per heavy atom. The number of benzene rings is 1. The number of nitrogens with zero attached hydrogens (tertiary/aromatic N) is 1. The molecule has 0 saturated carbocycles. The predicted octanol–water partition coefficient (Wildman–Crippen LogP) is 2.27. The summed E-state index contributed by atoms with van der Waals surface area (Å²) in [5, 5.41) is 7.48. The van der Waals surface area contributed by atoms with E-state index in [2.05, 4.69) is 31.8 Å². The molecule has 1 rings (SSSR count). The summed E-state index contributed by atoms with van der Waals surface area (Å²) >= 11 is 8.38. The Hall–Kier alpha value is -0.940. The van der Waals surface area contributed by atoms with Gasteiger partial charge in [-0.3, -0.25) is 5.43 Å². The maximum atomic E-state index is 4.95. The molecule has 0 aliphatic carbocycles. The lowest BCUT2D eigenvalue weighted by Gasteiger charge is -2.02. The molecule has 3 nitrogen and oxygen atoms in total. The van der Waals surface area contributed by atoms with Crippen molar-refractivity contribution in [3.63, 3.8) is 0 Å². The second-order valence-electron chi connectivity index (χ2n) is 2.75. The van der Waals surface area contributed by atoms with Crippen molar-refractivity contribution in [1.82, 2.24) is 10.7 Å². The minimum absolute atomic E-state index is 0.529. The lowest BCUT2D eigenvalue weighted by Crippen LogP contribution is -2.31. The molecule has 0 saturated heterocycles. The summed E-state index contributed by atoms with van der Waals surface area (Å²) in [6, 6.07) is 7.84. The van der Waals surface area contributed by atoms with E-state index >= 15 is 0 Å². The number of halogens is 1. The Morgan fingerprint density at radius 2 is 2.27 bits per heavy atom. The van der Waals surface area contributed by atoms with Gasteiger partial charge in [-0.25, -0.2) is 0 Å². The smallest absolute Gasteiger partial charge is 0.186 e. The van der Waals surface area contributed by atoms with E-state index in [9.17, 15) is 0 Å². The fourth-order valence-corrected chi connectivity index (χ4v) is 1.52. The first-order valence-electron chi connectivity index (χ1n) is 4.55. The van der Waals surface area contributed by atoms with Crippen molar-refractivity contribution < 1.29 is 0 Å². The third kappa shape index (κ3) is 4.40. The van der Waals surface area contributed by atoms with Crippen LogP contribution in [0.2, 0.25) is 0 Å². The zero-order valence-electron chi connectivity index (χ0n) is 8.33. The van der Waals surface area contributed by atoms with Gasteiger partial charge in [0.2, 0.25) is 0 Å². The van der Waals surface area contributed by atoms with E-state index in [-0.39, 0.29) is 0 Å². The van der Waals surface area contributed by atoms with Gasteiger partial charge in [0.1, 0.15) is 0 Å². The molecule has 0 aromatic heterocycles. The molecule has 0 aliphatic rings. The average molecular weight is 286 g/mol. The Kier molecular flexibility index (Phi) is 5.28. The van der Waals surface area contributed by atoms with Crippen LogP contribution in [0.3, 0.4) is 0 Å². The van der Waals surface area contributed by atoms with Gasteiger partial charge < -0.3 is 5.32 Å². The lowest BCUT2D eigenvalue weighted by atomic mass is 10.2. The van der Waals surface area contributed by atoms with Crippen molar-refractivity contribution in [2.24, 2.45) is 5.10 Å². The van der Waals surface area contributed by atoms with Crippen LogP contribution in [0.15, 0.2) is 33.8 Å². The molecule has 0 spiro atoms. The number of hydrogen-bond acceptors (Lipinski definition) is 2. The van der Waals surface area contributed by atoms with Gasteiger partial charge >= 0.3 is 0 Å². The summed E-state index contributed by atoms with van der Waals surface area (Å²) < 4.78 is 1.00. The first-order valence-corrected chi connectivity index (χ1v) is 5.75. The first kappa shape index (κ1) is 12.1. The topological polar surface area (TPSA) is 36.4 Å². The summed E-state index contributed by atoms with van der Waals surface area (Å²) in [5.74, 6) is 0. The van der Waals surface area contributed by atoms with E-state index in [0.717, 1.165) is 16.6 Å². The molecule has 0 bridgehead atoms. The highest BCUT2D eigenvalue weighted by Gasteiger charge is 1.93. The molecular formula is C10H12BrN3S. The molecule has 5 heteroatoms. The van der Waals surface area contributed by atoms with Crippen LogP contribution in [0.25, 0.3) is 0 Å². The highest BCUT2D eigenvalue weighted by atomic mass is 79.9. The van der Waals surface area contributed by atoms with Crippen LogP contribution in [0.1, 0.15) is 12.5 Å². The van der Waals surface area contributed by atoms with Crippen LogP contribution in [-0.2, 0) is 0 Å². The minimum atomic E-state index is 0.529. The summed E-state index contributed by atoms with van der Waals surface area (Å²) in [4.78, 5) is 0. The molecule has 0 amide bonds. The molecule has 2 N–H and O–H groups in total. The fraction of sp³-hybridized carbons (Fsp3) is 0.200. The van der Waals surface area contributed by atoms with Crippen molar-refractivity contribution in [3.8, 4) is 0 Å². The first-order chi connectivity index (χ1) is 7.24. The second-order valence-corrected chi connectivity index (χ2v) is 4.01. The second kappa shape index (κ2) is 6.53. The largest absolute Gasteiger partial charge is 0.362 e. The van der Waals surface area contributed by atoms with Crippen LogP contribution >= 0.6 is 28.1 Å². The molecule has 0 radical (unpaired) electrons. The third-order valence-electron chi connectivity index (χ3n) is 1.61. The molecule has 0 unspecified atom stereocenters. The van der Waals surface area contributed by atoms with Gasteiger partial charge in [0.05, 0.1) is 6.21 Å². The molecular weight excluding hydrogens is 274 g/mol.